The highest BCUT2D eigenvalue weighted by molar-refractivity contribution is 6.31. The Kier molecular flexibility index (Phi) is 5.85. The van der Waals surface area contributed by atoms with E-state index in [9.17, 15) is 4.79 Å². The van der Waals surface area contributed by atoms with Gasteiger partial charge in [-0.25, -0.2) is 9.97 Å². The molecule has 1 aromatic carbocycles. The minimum Gasteiger partial charge on any atom is -0.495 e. The van der Waals surface area contributed by atoms with Crippen molar-refractivity contribution in [1.82, 2.24) is 14.9 Å². The number of hydrogen-bond acceptors (Lipinski definition) is 5. The highest BCUT2D eigenvalue weighted by Gasteiger charge is 2.23. The Morgan fingerprint density at radius 2 is 2.07 bits per heavy atom. The Morgan fingerprint density at radius 3 is 2.78 bits per heavy atom. The Morgan fingerprint density at radius 1 is 1.30 bits per heavy atom. The lowest BCUT2D eigenvalue weighted by Gasteiger charge is -2.30. The summed E-state index contributed by atoms with van der Waals surface area (Å²) < 4.78 is 5.40. The van der Waals surface area contributed by atoms with Crippen molar-refractivity contribution < 1.29 is 9.53 Å². The lowest BCUT2D eigenvalue weighted by atomic mass is 10.00. The molecule has 7 heteroatoms. The molecule has 2 aromatic rings. The number of piperidine rings is 1. The molecule has 1 fully saturated rings. The molecule has 0 bridgehead atoms. The van der Waals surface area contributed by atoms with Gasteiger partial charge in [-0.05, 0) is 44.2 Å². The van der Waals surface area contributed by atoms with E-state index in [4.69, 9.17) is 16.3 Å². The van der Waals surface area contributed by atoms with Crippen molar-refractivity contribution in [2.24, 2.45) is 5.92 Å². The number of aromatic nitrogens is 2. The van der Waals surface area contributed by atoms with Crippen LogP contribution in [0.2, 0.25) is 5.02 Å². The average Bonchev–Trinajstić information content (AvgIpc) is 2.63. The number of halogens is 1. The predicted molar refractivity (Wildman–Crippen MR) is 107 cm³/mol. The highest BCUT2D eigenvalue weighted by atomic mass is 35.5. The van der Waals surface area contributed by atoms with Gasteiger partial charge in [0.1, 0.15) is 23.1 Å². The SMILES string of the molecule is COc1cc(Cl)c(C)cc1Nc1cc(C(=O)N2CCCC(C)C2)nc(C)n1. The van der Waals surface area contributed by atoms with Crippen LogP contribution in [0.5, 0.6) is 5.75 Å². The van der Waals surface area contributed by atoms with Crippen molar-refractivity contribution >= 4 is 29.0 Å². The molecule has 1 aliphatic rings. The molecule has 0 saturated carbocycles. The van der Waals surface area contributed by atoms with Gasteiger partial charge >= 0.3 is 0 Å². The van der Waals surface area contributed by atoms with Crippen LogP contribution in [0, 0.1) is 19.8 Å². The second kappa shape index (κ2) is 8.13. The summed E-state index contributed by atoms with van der Waals surface area (Å²) in [6.45, 7) is 7.43. The van der Waals surface area contributed by atoms with E-state index in [2.05, 4.69) is 22.2 Å². The summed E-state index contributed by atoms with van der Waals surface area (Å²) in [4.78, 5) is 23.5. The first-order valence-electron chi connectivity index (χ1n) is 9.13. The summed E-state index contributed by atoms with van der Waals surface area (Å²) in [6.07, 6.45) is 2.19. The molecule has 1 aromatic heterocycles. The molecule has 1 N–H and O–H groups in total. The van der Waals surface area contributed by atoms with Crippen LogP contribution in [0.15, 0.2) is 18.2 Å². The van der Waals surface area contributed by atoms with E-state index >= 15 is 0 Å². The third-order valence-corrected chi connectivity index (χ3v) is 5.15. The van der Waals surface area contributed by atoms with Gasteiger partial charge < -0.3 is 15.0 Å². The normalized spacial score (nSPS) is 16.9. The fraction of sp³-hybridized carbons (Fsp3) is 0.450. The van der Waals surface area contributed by atoms with Crippen molar-refractivity contribution in [3.63, 3.8) is 0 Å². The van der Waals surface area contributed by atoms with Crippen LogP contribution in [0.4, 0.5) is 11.5 Å². The number of amides is 1. The van der Waals surface area contributed by atoms with E-state index in [1.165, 1.54) is 0 Å². The number of nitrogens with zero attached hydrogens (tertiary/aromatic N) is 3. The number of anilines is 2. The van der Waals surface area contributed by atoms with Gasteiger partial charge in [0.2, 0.25) is 0 Å². The molecule has 1 unspecified atom stereocenters. The second-order valence-corrected chi connectivity index (χ2v) is 7.52. The maximum atomic E-state index is 12.9. The Labute approximate surface area is 164 Å². The van der Waals surface area contributed by atoms with Gasteiger partial charge in [0, 0.05) is 30.2 Å². The van der Waals surface area contributed by atoms with Gasteiger partial charge in [-0.3, -0.25) is 4.79 Å². The number of carbonyl (C=O) groups is 1. The lowest BCUT2D eigenvalue weighted by molar-refractivity contribution is 0.0676. The zero-order valence-corrected chi connectivity index (χ0v) is 16.9. The van der Waals surface area contributed by atoms with Crippen LogP contribution in [-0.2, 0) is 0 Å². The van der Waals surface area contributed by atoms with Gasteiger partial charge in [-0.2, -0.15) is 0 Å². The van der Waals surface area contributed by atoms with Crippen LogP contribution in [0.3, 0.4) is 0 Å². The van der Waals surface area contributed by atoms with Crippen molar-refractivity contribution in [1.29, 1.82) is 0 Å². The molecular formula is C20H25ClN4O2. The third-order valence-electron chi connectivity index (χ3n) is 4.74. The molecule has 3 rings (SSSR count). The summed E-state index contributed by atoms with van der Waals surface area (Å²) in [5.74, 6) is 2.17. The molecule has 1 aliphatic heterocycles. The fourth-order valence-electron chi connectivity index (χ4n) is 3.34. The van der Waals surface area contributed by atoms with Gasteiger partial charge in [0.15, 0.2) is 0 Å². The number of rotatable bonds is 4. The van der Waals surface area contributed by atoms with Gasteiger partial charge in [0.05, 0.1) is 12.8 Å². The Bertz CT molecular complexity index is 856. The number of ether oxygens (including phenoxy) is 1. The average molecular weight is 389 g/mol. The number of methoxy groups -OCH3 is 1. The largest absolute Gasteiger partial charge is 0.495 e. The molecule has 2 heterocycles. The number of hydrogen-bond donors (Lipinski definition) is 1. The number of nitrogens with one attached hydrogen (secondary N) is 1. The third kappa shape index (κ3) is 4.50. The lowest BCUT2D eigenvalue weighted by Crippen LogP contribution is -2.39. The number of aryl methyl sites for hydroxylation is 2. The summed E-state index contributed by atoms with van der Waals surface area (Å²) in [6, 6.07) is 5.35. The van der Waals surface area contributed by atoms with E-state index in [0.29, 0.717) is 34.0 Å². The summed E-state index contributed by atoms with van der Waals surface area (Å²) in [5.41, 5.74) is 2.07. The molecule has 0 aliphatic carbocycles. The smallest absolute Gasteiger partial charge is 0.272 e. The zero-order valence-electron chi connectivity index (χ0n) is 16.2. The Hall–Kier alpha value is -2.34. The molecule has 27 heavy (non-hydrogen) atoms. The molecule has 1 amide bonds. The first kappa shape index (κ1) is 19.4. The predicted octanol–water partition coefficient (Wildman–Crippen LogP) is 4.37. The van der Waals surface area contributed by atoms with Gasteiger partial charge in [-0.1, -0.05) is 18.5 Å². The molecule has 0 radical (unpaired) electrons. The van der Waals surface area contributed by atoms with E-state index in [1.807, 2.05) is 17.9 Å². The molecular weight excluding hydrogens is 364 g/mol. The fourth-order valence-corrected chi connectivity index (χ4v) is 3.50. The van der Waals surface area contributed by atoms with Crippen molar-refractivity contribution in [2.45, 2.75) is 33.6 Å². The van der Waals surface area contributed by atoms with E-state index in [-0.39, 0.29) is 5.91 Å². The van der Waals surface area contributed by atoms with E-state index in [1.54, 1.807) is 26.2 Å². The monoisotopic (exact) mass is 388 g/mol. The molecule has 144 valence electrons. The van der Waals surface area contributed by atoms with Crippen LogP contribution in [0.25, 0.3) is 0 Å². The first-order valence-corrected chi connectivity index (χ1v) is 9.51. The first-order chi connectivity index (χ1) is 12.9. The maximum absolute atomic E-state index is 12.9. The molecule has 1 atom stereocenters. The van der Waals surface area contributed by atoms with Crippen LogP contribution >= 0.6 is 11.6 Å². The number of likely N-dealkylation sites (tertiary alicyclic amines) is 1. The van der Waals surface area contributed by atoms with E-state index < -0.39 is 0 Å². The van der Waals surface area contributed by atoms with Crippen molar-refractivity contribution in [2.75, 3.05) is 25.5 Å². The van der Waals surface area contributed by atoms with Crippen LogP contribution in [-0.4, -0.2) is 41.0 Å². The maximum Gasteiger partial charge on any atom is 0.272 e. The quantitative estimate of drug-likeness (QED) is 0.842. The Balaban J connectivity index is 1.88. The van der Waals surface area contributed by atoms with Crippen LogP contribution in [0.1, 0.15) is 41.6 Å². The van der Waals surface area contributed by atoms with Gasteiger partial charge in [0.25, 0.3) is 5.91 Å². The minimum absolute atomic E-state index is 0.0469. The summed E-state index contributed by atoms with van der Waals surface area (Å²) in [7, 11) is 1.59. The summed E-state index contributed by atoms with van der Waals surface area (Å²) >= 11 is 6.17. The summed E-state index contributed by atoms with van der Waals surface area (Å²) in [5, 5.41) is 3.86. The van der Waals surface area contributed by atoms with Gasteiger partial charge in [-0.15, -0.1) is 0 Å². The highest BCUT2D eigenvalue weighted by Crippen LogP contribution is 2.32. The molecule has 6 nitrogen and oxygen atoms in total. The molecule has 0 spiro atoms. The van der Waals surface area contributed by atoms with E-state index in [0.717, 1.165) is 37.2 Å². The standard InChI is InChI=1S/C20H25ClN4O2/c1-12-6-5-7-25(11-12)20(26)17-10-19(23-14(3)22-17)24-16-8-13(2)15(21)9-18(16)27-4/h8-10,12H,5-7,11H2,1-4H3,(H,22,23,24). The number of carbonyl (C=O) groups excluding carboxylic acids is 1. The van der Waals surface area contributed by atoms with Crippen molar-refractivity contribution in [3.8, 4) is 5.75 Å². The second-order valence-electron chi connectivity index (χ2n) is 7.11. The molecule has 1 saturated heterocycles. The topological polar surface area (TPSA) is 67.3 Å². The van der Waals surface area contributed by atoms with Crippen molar-refractivity contribution in [3.05, 3.63) is 40.3 Å². The minimum atomic E-state index is -0.0469. The number of benzene rings is 1. The zero-order chi connectivity index (χ0) is 19.6. The van der Waals surface area contributed by atoms with Crippen LogP contribution < -0.4 is 10.1 Å².